The van der Waals surface area contributed by atoms with E-state index in [1.54, 1.807) is 18.2 Å². The first-order valence-corrected chi connectivity index (χ1v) is 8.76. The summed E-state index contributed by atoms with van der Waals surface area (Å²) in [6, 6.07) is 22.6. The van der Waals surface area contributed by atoms with Gasteiger partial charge in [-0.05, 0) is 18.2 Å². The van der Waals surface area contributed by atoms with E-state index < -0.39 is 11.0 Å². The lowest BCUT2D eigenvalue weighted by Crippen LogP contribution is -2.25. The molecule has 0 saturated carbocycles. The van der Waals surface area contributed by atoms with E-state index in [2.05, 4.69) is 22.0 Å². The minimum Gasteiger partial charge on any atom is -0.389 e. The fraction of sp³-hybridized carbons (Fsp3) is 0.143. The van der Waals surface area contributed by atoms with Crippen molar-refractivity contribution in [2.24, 2.45) is 0 Å². The first-order chi connectivity index (χ1) is 13.1. The largest absolute Gasteiger partial charge is 0.389 e. The number of hydrogen-bond acceptors (Lipinski definition) is 4. The Hall–Kier alpha value is -3.38. The fourth-order valence-electron chi connectivity index (χ4n) is 3.49. The molecular formula is C21H19N3O3. The standard InChI is InChI=1S/C21H19N3O3/c25-15(13-22-18-9-3-6-12-21(18)24(26)27)14-23-19-10-4-1-7-16(19)17-8-2-5-11-20(17)23/h1-12,15,22,25H,13-14H2. The number of para-hydroxylation sites is 4. The molecule has 2 N–H and O–H groups in total. The van der Waals surface area contributed by atoms with Crippen LogP contribution in [0.25, 0.3) is 21.8 Å². The van der Waals surface area contributed by atoms with Crippen molar-refractivity contribution in [2.75, 3.05) is 11.9 Å². The molecule has 1 atom stereocenters. The van der Waals surface area contributed by atoms with Gasteiger partial charge in [0.05, 0.1) is 17.6 Å². The zero-order valence-corrected chi connectivity index (χ0v) is 14.6. The topological polar surface area (TPSA) is 80.3 Å². The number of aliphatic hydroxyl groups is 1. The lowest BCUT2D eigenvalue weighted by atomic mass is 10.2. The molecule has 136 valence electrons. The summed E-state index contributed by atoms with van der Waals surface area (Å²) in [5.41, 5.74) is 2.53. The van der Waals surface area contributed by atoms with Crippen molar-refractivity contribution < 1.29 is 10.0 Å². The number of fused-ring (bicyclic) bond motifs is 3. The minimum atomic E-state index is -0.705. The third-order valence-electron chi connectivity index (χ3n) is 4.70. The van der Waals surface area contributed by atoms with Crippen LogP contribution in [0.1, 0.15) is 0 Å². The molecule has 1 heterocycles. The van der Waals surface area contributed by atoms with E-state index in [4.69, 9.17) is 0 Å². The summed E-state index contributed by atoms with van der Waals surface area (Å²) in [7, 11) is 0. The number of anilines is 1. The minimum absolute atomic E-state index is 0.00145. The van der Waals surface area contributed by atoms with E-state index >= 15 is 0 Å². The molecule has 0 aliphatic rings. The fourth-order valence-corrected chi connectivity index (χ4v) is 3.49. The molecule has 0 amide bonds. The molecule has 4 rings (SSSR count). The van der Waals surface area contributed by atoms with Gasteiger partial charge >= 0.3 is 0 Å². The first kappa shape index (κ1) is 17.1. The van der Waals surface area contributed by atoms with Gasteiger partial charge < -0.3 is 15.0 Å². The molecule has 0 aliphatic carbocycles. The Morgan fingerprint density at radius 2 is 1.48 bits per heavy atom. The van der Waals surface area contributed by atoms with Gasteiger partial charge in [0, 0.05) is 34.4 Å². The highest BCUT2D eigenvalue weighted by molar-refractivity contribution is 6.07. The molecular weight excluding hydrogens is 342 g/mol. The van der Waals surface area contributed by atoms with Crippen LogP contribution in [0.5, 0.6) is 0 Å². The number of nitrogens with zero attached hydrogens (tertiary/aromatic N) is 2. The summed E-state index contributed by atoms with van der Waals surface area (Å²) in [5.74, 6) is 0. The maximum atomic E-state index is 11.1. The predicted molar refractivity (Wildman–Crippen MR) is 107 cm³/mol. The van der Waals surface area contributed by atoms with Crippen LogP contribution >= 0.6 is 0 Å². The number of nitro benzene ring substituents is 1. The Kier molecular flexibility index (Phi) is 4.48. The lowest BCUT2D eigenvalue weighted by Gasteiger charge is -2.15. The van der Waals surface area contributed by atoms with Gasteiger partial charge in [-0.15, -0.1) is 0 Å². The molecule has 0 aliphatic heterocycles. The Morgan fingerprint density at radius 3 is 2.11 bits per heavy atom. The normalized spacial score (nSPS) is 12.3. The molecule has 1 aromatic heterocycles. The number of rotatable bonds is 6. The summed E-state index contributed by atoms with van der Waals surface area (Å²) >= 11 is 0. The van der Waals surface area contributed by atoms with Crippen molar-refractivity contribution in [1.82, 2.24) is 4.57 Å². The summed E-state index contributed by atoms with van der Waals surface area (Å²) in [6.45, 7) is 0.605. The molecule has 0 fully saturated rings. The highest BCUT2D eigenvalue weighted by Gasteiger charge is 2.16. The highest BCUT2D eigenvalue weighted by Crippen LogP contribution is 2.29. The van der Waals surface area contributed by atoms with Crippen molar-refractivity contribution in [2.45, 2.75) is 12.6 Å². The quantitative estimate of drug-likeness (QED) is 0.399. The molecule has 6 heteroatoms. The van der Waals surface area contributed by atoms with Gasteiger partial charge in [-0.25, -0.2) is 0 Å². The van der Waals surface area contributed by atoms with Crippen LogP contribution in [0.4, 0.5) is 11.4 Å². The van der Waals surface area contributed by atoms with Gasteiger partial charge in [0.15, 0.2) is 0 Å². The van der Waals surface area contributed by atoms with Crippen LogP contribution in [-0.2, 0) is 6.54 Å². The Morgan fingerprint density at radius 1 is 0.926 bits per heavy atom. The molecule has 0 spiro atoms. The maximum absolute atomic E-state index is 11.1. The van der Waals surface area contributed by atoms with Crippen molar-refractivity contribution in [1.29, 1.82) is 0 Å². The Bertz CT molecular complexity index is 1070. The molecule has 3 aromatic carbocycles. The number of aliphatic hydroxyl groups excluding tert-OH is 1. The maximum Gasteiger partial charge on any atom is 0.292 e. The molecule has 6 nitrogen and oxygen atoms in total. The molecule has 4 aromatic rings. The number of nitro groups is 1. The SMILES string of the molecule is O=[N+]([O-])c1ccccc1NCC(O)Cn1c2ccccc2c2ccccc21. The summed E-state index contributed by atoms with van der Waals surface area (Å²) in [4.78, 5) is 10.7. The van der Waals surface area contributed by atoms with E-state index in [0.29, 0.717) is 12.2 Å². The average Bonchev–Trinajstić information content (AvgIpc) is 3.01. The van der Waals surface area contributed by atoms with Gasteiger partial charge in [-0.2, -0.15) is 0 Å². The molecule has 0 radical (unpaired) electrons. The summed E-state index contributed by atoms with van der Waals surface area (Å²) in [5, 5.41) is 27.0. The number of hydrogen-bond donors (Lipinski definition) is 2. The first-order valence-electron chi connectivity index (χ1n) is 8.76. The zero-order valence-electron chi connectivity index (χ0n) is 14.6. The van der Waals surface area contributed by atoms with Gasteiger partial charge in [0.25, 0.3) is 5.69 Å². The van der Waals surface area contributed by atoms with Crippen LogP contribution < -0.4 is 5.32 Å². The van der Waals surface area contributed by atoms with Gasteiger partial charge in [-0.1, -0.05) is 48.5 Å². The van der Waals surface area contributed by atoms with Crippen LogP contribution in [-0.4, -0.2) is 27.2 Å². The van der Waals surface area contributed by atoms with E-state index in [1.807, 2.05) is 36.4 Å². The van der Waals surface area contributed by atoms with E-state index in [0.717, 1.165) is 21.8 Å². The van der Waals surface area contributed by atoms with Crippen LogP contribution in [0.3, 0.4) is 0 Å². The molecule has 1 unspecified atom stereocenters. The lowest BCUT2D eigenvalue weighted by molar-refractivity contribution is -0.384. The van der Waals surface area contributed by atoms with Crippen LogP contribution in [0.2, 0.25) is 0 Å². The van der Waals surface area contributed by atoms with E-state index in [-0.39, 0.29) is 12.2 Å². The van der Waals surface area contributed by atoms with Crippen LogP contribution in [0.15, 0.2) is 72.8 Å². The Labute approximate surface area is 155 Å². The van der Waals surface area contributed by atoms with Crippen LogP contribution in [0, 0.1) is 10.1 Å². The number of nitrogens with one attached hydrogen (secondary N) is 1. The third-order valence-corrected chi connectivity index (χ3v) is 4.70. The zero-order chi connectivity index (χ0) is 18.8. The predicted octanol–water partition coefficient (Wildman–Crippen LogP) is 4.18. The summed E-state index contributed by atoms with van der Waals surface area (Å²) < 4.78 is 2.09. The van der Waals surface area contributed by atoms with Crippen molar-refractivity contribution in [3.8, 4) is 0 Å². The van der Waals surface area contributed by atoms with Gasteiger partial charge in [0.2, 0.25) is 0 Å². The highest BCUT2D eigenvalue weighted by atomic mass is 16.6. The second-order valence-corrected chi connectivity index (χ2v) is 6.45. The number of benzene rings is 3. The Balaban J connectivity index is 1.58. The third kappa shape index (κ3) is 3.22. The second kappa shape index (κ2) is 7.09. The van der Waals surface area contributed by atoms with Gasteiger partial charge in [-0.3, -0.25) is 10.1 Å². The second-order valence-electron chi connectivity index (χ2n) is 6.45. The van der Waals surface area contributed by atoms with E-state index in [9.17, 15) is 15.2 Å². The summed E-state index contributed by atoms with van der Waals surface area (Å²) in [6.07, 6.45) is -0.705. The van der Waals surface area contributed by atoms with Crippen molar-refractivity contribution in [3.63, 3.8) is 0 Å². The number of aromatic nitrogens is 1. The monoisotopic (exact) mass is 361 g/mol. The van der Waals surface area contributed by atoms with Gasteiger partial charge in [0.1, 0.15) is 5.69 Å². The molecule has 27 heavy (non-hydrogen) atoms. The van der Waals surface area contributed by atoms with E-state index in [1.165, 1.54) is 6.07 Å². The smallest absolute Gasteiger partial charge is 0.292 e. The molecule has 0 saturated heterocycles. The van der Waals surface area contributed by atoms with Crippen molar-refractivity contribution in [3.05, 3.63) is 82.9 Å². The van der Waals surface area contributed by atoms with Crippen molar-refractivity contribution >= 4 is 33.2 Å². The molecule has 0 bridgehead atoms. The average molecular weight is 361 g/mol.